The van der Waals surface area contributed by atoms with Crippen LogP contribution in [0, 0.1) is 11.7 Å². The van der Waals surface area contributed by atoms with Crippen LogP contribution >= 0.6 is 11.3 Å². The van der Waals surface area contributed by atoms with E-state index in [1.54, 1.807) is 12.1 Å². The molecule has 0 spiro atoms. The summed E-state index contributed by atoms with van der Waals surface area (Å²) in [6.07, 6.45) is 2.57. The number of benzene rings is 1. The lowest BCUT2D eigenvalue weighted by Crippen LogP contribution is -2.38. The maximum Gasteiger partial charge on any atom is 0.224 e. The number of halogens is 1. The normalized spacial score (nSPS) is 16.2. The first-order valence-corrected chi connectivity index (χ1v) is 9.33. The van der Waals surface area contributed by atoms with Gasteiger partial charge in [-0.05, 0) is 61.0 Å². The maximum atomic E-state index is 12.9. The lowest BCUT2D eigenvalue weighted by molar-refractivity contribution is -0.120. The van der Waals surface area contributed by atoms with Crippen molar-refractivity contribution >= 4 is 17.2 Å². The number of amides is 1. The summed E-state index contributed by atoms with van der Waals surface area (Å²) < 4.78 is 12.9. The lowest BCUT2D eigenvalue weighted by atomic mass is 9.96. The third-order valence-electron chi connectivity index (χ3n) is 4.53. The molecule has 0 saturated carbocycles. The van der Waals surface area contributed by atoms with Gasteiger partial charge in [0.15, 0.2) is 0 Å². The minimum absolute atomic E-state index is 0.0163. The van der Waals surface area contributed by atoms with Crippen molar-refractivity contribution in [3.05, 3.63) is 58.0 Å². The van der Waals surface area contributed by atoms with Gasteiger partial charge in [-0.3, -0.25) is 9.69 Å². The Hall–Kier alpha value is -1.72. The zero-order valence-electron chi connectivity index (χ0n) is 13.7. The molecule has 1 saturated heterocycles. The predicted octanol–water partition coefficient (Wildman–Crippen LogP) is 3.46. The zero-order valence-corrected chi connectivity index (χ0v) is 14.5. The zero-order chi connectivity index (χ0) is 16.8. The van der Waals surface area contributed by atoms with E-state index >= 15 is 0 Å². The summed E-state index contributed by atoms with van der Waals surface area (Å²) in [6.45, 7) is 3.97. The highest BCUT2D eigenvalue weighted by Gasteiger charge is 2.20. The second kappa shape index (κ2) is 8.40. The van der Waals surface area contributed by atoms with Crippen molar-refractivity contribution in [2.75, 3.05) is 19.6 Å². The van der Waals surface area contributed by atoms with E-state index in [9.17, 15) is 9.18 Å². The molecule has 24 heavy (non-hydrogen) atoms. The molecule has 1 N–H and O–H groups in total. The summed E-state index contributed by atoms with van der Waals surface area (Å²) in [5.74, 6) is 0.304. The first-order chi connectivity index (χ1) is 11.7. The average molecular weight is 346 g/mol. The van der Waals surface area contributed by atoms with Crippen LogP contribution in [0.1, 0.15) is 23.3 Å². The number of thiophene rings is 1. The van der Waals surface area contributed by atoms with Crippen molar-refractivity contribution in [2.45, 2.75) is 25.8 Å². The van der Waals surface area contributed by atoms with E-state index < -0.39 is 0 Å². The van der Waals surface area contributed by atoms with E-state index in [1.807, 2.05) is 11.3 Å². The fourth-order valence-electron chi connectivity index (χ4n) is 3.08. The van der Waals surface area contributed by atoms with Crippen LogP contribution in [-0.2, 0) is 17.8 Å². The number of hydrogen-bond donors (Lipinski definition) is 1. The SMILES string of the molecule is O=C(Cc1ccc(F)cc1)NCC1CCN(Cc2cccs2)CC1. The van der Waals surface area contributed by atoms with Crippen molar-refractivity contribution in [3.63, 3.8) is 0 Å². The quantitative estimate of drug-likeness (QED) is 0.869. The summed E-state index contributed by atoms with van der Waals surface area (Å²) in [6, 6.07) is 10.4. The summed E-state index contributed by atoms with van der Waals surface area (Å²) in [4.78, 5) is 15.9. The van der Waals surface area contributed by atoms with Gasteiger partial charge in [-0.15, -0.1) is 11.3 Å². The number of carbonyl (C=O) groups excluding carboxylic acids is 1. The lowest BCUT2D eigenvalue weighted by Gasteiger charge is -2.31. The van der Waals surface area contributed by atoms with Gasteiger partial charge < -0.3 is 5.32 Å². The van der Waals surface area contributed by atoms with E-state index in [-0.39, 0.29) is 11.7 Å². The predicted molar refractivity (Wildman–Crippen MR) is 95.4 cm³/mol. The van der Waals surface area contributed by atoms with Crippen molar-refractivity contribution in [3.8, 4) is 0 Å². The molecule has 0 bridgehead atoms. The van der Waals surface area contributed by atoms with Crippen LogP contribution in [-0.4, -0.2) is 30.4 Å². The summed E-state index contributed by atoms with van der Waals surface area (Å²) in [5, 5.41) is 5.15. The topological polar surface area (TPSA) is 32.3 Å². The number of nitrogens with one attached hydrogen (secondary N) is 1. The summed E-state index contributed by atoms with van der Waals surface area (Å²) in [7, 11) is 0. The molecule has 1 aromatic carbocycles. The largest absolute Gasteiger partial charge is 0.356 e. The van der Waals surface area contributed by atoms with Crippen LogP contribution in [0.2, 0.25) is 0 Å². The molecule has 1 fully saturated rings. The molecule has 0 atom stereocenters. The minimum Gasteiger partial charge on any atom is -0.356 e. The van der Waals surface area contributed by atoms with Crippen LogP contribution in [0.4, 0.5) is 4.39 Å². The van der Waals surface area contributed by atoms with Gasteiger partial charge in [0.2, 0.25) is 5.91 Å². The van der Waals surface area contributed by atoms with Crippen LogP contribution in [0.5, 0.6) is 0 Å². The van der Waals surface area contributed by atoms with E-state index in [0.717, 1.165) is 44.6 Å². The second-order valence-corrected chi connectivity index (χ2v) is 7.44. The number of nitrogens with zero attached hydrogens (tertiary/aromatic N) is 1. The van der Waals surface area contributed by atoms with Crippen LogP contribution in [0.3, 0.4) is 0 Å². The molecular weight excluding hydrogens is 323 g/mol. The molecule has 128 valence electrons. The fraction of sp³-hybridized carbons (Fsp3) is 0.421. The Morgan fingerprint density at radius 2 is 1.96 bits per heavy atom. The molecule has 0 unspecified atom stereocenters. The third kappa shape index (κ3) is 5.14. The Kier molecular flexibility index (Phi) is 5.99. The molecule has 3 rings (SSSR count). The third-order valence-corrected chi connectivity index (χ3v) is 5.39. The Balaban J connectivity index is 1.35. The molecule has 0 aliphatic carbocycles. The number of likely N-dealkylation sites (tertiary alicyclic amines) is 1. The van der Waals surface area contributed by atoms with Gasteiger partial charge in [0.1, 0.15) is 5.82 Å². The number of carbonyl (C=O) groups is 1. The molecule has 3 nitrogen and oxygen atoms in total. The van der Waals surface area contributed by atoms with Crippen molar-refractivity contribution in [2.24, 2.45) is 5.92 Å². The van der Waals surface area contributed by atoms with Gasteiger partial charge >= 0.3 is 0 Å². The standard InChI is InChI=1S/C19H23FN2OS/c20-17-5-3-15(4-6-17)12-19(23)21-13-16-7-9-22(10-8-16)14-18-2-1-11-24-18/h1-6,11,16H,7-10,12-14H2,(H,21,23). The molecule has 5 heteroatoms. The van der Waals surface area contributed by atoms with Gasteiger partial charge in [-0.2, -0.15) is 0 Å². The van der Waals surface area contributed by atoms with Crippen LogP contribution in [0.25, 0.3) is 0 Å². The molecule has 1 aliphatic heterocycles. The molecule has 0 radical (unpaired) electrons. The molecule has 2 heterocycles. The maximum absolute atomic E-state index is 12.9. The highest BCUT2D eigenvalue weighted by molar-refractivity contribution is 7.09. The van der Waals surface area contributed by atoms with Gasteiger partial charge in [0, 0.05) is 18.0 Å². The molecule has 1 amide bonds. The fourth-order valence-corrected chi connectivity index (χ4v) is 3.83. The Labute approximate surface area is 146 Å². The molecule has 1 aliphatic rings. The highest BCUT2D eigenvalue weighted by Crippen LogP contribution is 2.20. The summed E-state index contributed by atoms with van der Waals surface area (Å²) in [5.41, 5.74) is 0.847. The van der Waals surface area contributed by atoms with Gasteiger partial charge in [0.25, 0.3) is 0 Å². The highest BCUT2D eigenvalue weighted by atomic mass is 32.1. The van der Waals surface area contributed by atoms with Crippen LogP contribution in [0.15, 0.2) is 41.8 Å². The van der Waals surface area contributed by atoms with E-state index in [2.05, 4.69) is 27.7 Å². The minimum atomic E-state index is -0.270. The molecule has 2 aromatic rings. The average Bonchev–Trinajstić information content (AvgIpc) is 3.09. The van der Waals surface area contributed by atoms with Crippen LogP contribution < -0.4 is 5.32 Å². The van der Waals surface area contributed by atoms with Crippen molar-refractivity contribution in [1.29, 1.82) is 0 Å². The molecule has 1 aromatic heterocycles. The van der Waals surface area contributed by atoms with Crippen molar-refractivity contribution < 1.29 is 9.18 Å². The first-order valence-electron chi connectivity index (χ1n) is 8.45. The van der Waals surface area contributed by atoms with Crippen molar-refractivity contribution in [1.82, 2.24) is 10.2 Å². The number of rotatable bonds is 6. The van der Waals surface area contributed by atoms with E-state index in [4.69, 9.17) is 0 Å². The van der Waals surface area contributed by atoms with E-state index in [1.165, 1.54) is 17.0 Å². The smallest absolute Gasteiger partial charge is 0.224 e. The number of hydrogen-bond acceptors (Lipinski definition) is 3. The van der Waals surface area contributed by atoms with Gasteiger partial charge in [0.05, 0.1) is 6.42 Å². The first kappa shape index (κ1) is 17.1. The monoisotopic (exact) mass is 346 g/mol. The van der Waals surface area contributed by atoms with Gasteiger partial charge in [-0.25, -0.2) is 4.39 Å². The Morgan fingerprint density at radius 1 is 1.21 bits per heavy atom. The molecular formula is C19H23FN2OS. The Bertz CT molecular complexity index is 634. The Morgan fingerprint density at radius 3 is 2.62 bits per heavy atom. The number of piperidine rings is 1. The van der Waals surface area contributed by atoms with Gasteiger partial charge in [-0.1, -0.05) is 18.2 Å². The summed E-state index contributed by atoms with van der Waals surface area (Å²) >= 11 is 1.81. The van der Waals surface area contributed by atoms with E-state index in [0.29, 0.717) is 12.3 Å². The second-order valence-electron chi connectivity index (χ2n) is 6.41.